The summed E-state index contributed by atoms with van der Waals surface area (Å²) in [5.74, 6) is -0.892. The van der Waals surface area contributed by atoms with Gasteiger partial charge in [0.1, 0.15) is 0 Å². The van der Waals surface area contributed by atoms with Crippen LogP contribution in [0.25, 0.3) is 0 Å². The standard InChI is InChI=1S/C15H19N3O3/c1-15(13(20)17(3)14(21)18(15)4)12(19)16(2)10-11-8-6-5-7-9-11/h5-9H,10H2,1-4H3/t15-/m1/s1. The smallest absolute Gasteiger partial charge is 0.327 e. The third-order valence-electron chi connectivity index (χ3n) is 3.99. The fourth-order valence-electron chi connectivity index (χ4n) is 2.51. The number of hydrogen-bond acceptors (Lipinski definition) is 3. The van der Waals surface area contributed by atoms with E-state index in [1.807, 2.05) is 30.3 Å². The molecule has 1 aliphatic rings. The lowest BCUT2D eigenvalue weighted by Crippen LogP contribution is -2.57. The molecule has 0 saturated carbocycles. The first-order valence-corrected chi connectivity index (χ1v) is 6.65. The molecule has 0 N–H and O–H groups in total. The lowest BCUT2D eigenvalue weighted by atomic mass is 9.99. The lowest BCUT2D eigenvalue weighted by molar-refractivity contribution is -0.147. The number of nitrogens with zero attached hydrogens (tertiary/aromatic N) is 3. The highest BCUT2D eigenvalue weighted by Gasteiger charge is 2.57. The maximum Gasteiger partial charge on any atom is 0.327 e. The van der Waals surface area contributed by atoms with Crippen LogP contribution in [0.5, 0.6) is 0 Å². The fourth-order valence-corrected chi connectivity index (χ4v) is 2.51. The molecule has 1 aromatic rings. The number of imide groups is 1. The molecular weight excluding hydrogens is 270 g/mol. The zero-order valence-corrected chi connectivity index (χ0v) is 12.7. The number of urea groups is 1. The number of carbonyl (C=O) groups is 3. The van der Waals surface area contributed by atoms with Crippen molar-refractivity contribution in [1.29, 1.82) is 0 Å². The van der Waals surface area contributed by atoms with E-state index < -0.39 is 23.4 Å². The summed E-state index contributed by atoms with van der Waals surface area (Å²) in [6.45, 7) is 1.87. The summed E-state index contributed by atoms with van der Waals surface area (Å²) in [4.78, 5) is 40.4. The second kappa shape index (κ2) is 5.20. The van der Waals surface area contributed by atoms with E-state index in [4.69, 9.17) is 0 Å². The molecule has 112 valence electrons. The van der Waals surface area contributed by atoms with Crippen LogP contribution in [0.2, 0.25) is 0 Å². The van der Waals surface area contributed by atoms with Crippen molar-refractivity contribution >= 4 is 17.8 Å². The molecule has 0 aliphatic carbocycles. The summed E-state index contributed by atoms with van der Waals surface area (Å²) in [7, 11) is 4.49. The Kier molecular flexibility index (Phi) is 3.72. The van der Waals surface area contributed by atoms with Crippen molar-refractivity contribution in [3.8, 4) is 0 Å². The number of hydrogen-bond donors (Lipinski definition) is 0. The van der Waals surface area contributed by atoms with Gasteiger partial charge in [-0.3, -0.25) is 14.5 Å². The largest absolute Gasteiger partial charge is 0.339 e. The number of carbonyl (C=O) groups excluding carboxylic acids is 3. The van der Waals surface area contributed by atoms with Crippen molar-refractivity contribution in [3.05, 3.63) is 35.9 Å². The van der Waals surface area contributed by atoms with Crippen LogP contribution in [-0.2, 0) is 16.1 Å². The van der Waals surface area contributed by atoms with E-state index in [0.717, 1.165) is 10.5 Å². The Morgan fingerprint density at radius 2 is 1.76 bits per heavy atom. The Morgan fingerprint density at radius 3 is 2.24 bits per heavy atom. The van der Waals surface area contributed by atoms with Gasteiger partial charge in [0.25, 0.3) is 11.8 Å². The molecule has 1 heterocycles. The zero-order chi connectivity index (χ0) is 15.8. The third kappa shape index (κ3) is 2.26. The highest BCUT2D eigenvalue weighted by atomic mass is 16.2. The number of amides is 4. The molecule has 6 nitrogen and oxygen atoms in total. The van der Waals surface area contributed by atoms with E-state index >= 15 is 0 Å². The minimum atomic E-state index is -1.48. The minimum Gasteiger partial charge on any atom is -0.339 e. The van der Waals surface area contributed by atoms with Crippen molar-refractivity contribution in [2.24, 2.45) is 0 Å². The summed E-state index contributed by atoms with van der Waals surface area (Å²) in [6, 6.07) is 9.02. The monoisotopic (exact) mass is 289 g/mol. The van der Waals surface area contributed by atoms with E-state index in [2.05, 4.69) is 0 Å². The maximum absolute atomic E-state index is 12.7. The number of rotatable bonds is 3. The maximum atomic E-state index is 12.7. The topological polar surface area (TPSA) is 60.9 Å². The van der Waals surface area contributed by atoms with Gasteiger partial charge in [-0.1, -0.05) is 30.3 Å². The van der Waals surface area contributed by atoms with Crippen LogP contribution < -0.4 is 0 Å². The predicted octanol–water partition coefficient (Wildman–Crippen LogP) is 0.927. The summed E-state index contributed by atoms with van der Waals surface area (Å²) in [6.07, 6.45) is 0. The van der Waals surface area contributed by atoms with E-state index in [-0.39, 0.29) is 0 Å². The molecule has 0 spiro atoms. The third-order valence-corrected chi connectivity index (χ3v) is 3.99. The van der Waals surface area contributed by atoms with Gasteiger partial charge in [-0.2, -0.15) is 0 Å². The van der Waals surface area contributed by atoms with Crippen LogP contribution in [0.4, 0.5) is 4.79 Å². The van der Waals surface area contributed by atoms with Crippen LogP contribution in [0, 0.1) is 0 Å². The van der Waals surface area contributed by atoms with Crippen molar-refractivity contribution in [1.82, 2.24) is 14.7 Å². The van der Waals surface area contributed by atoms with Gasteiger partial charge in [-0.15, -0.1) is 0 Å². The Labute approximate surface area is 123 Å². The van der Waals surface area contributed by atoms with Gasteiger partial charge >= 0.3 is 6.03 Å². The normalized spacial score (nSPS) is 21.9. The van der Waals surface area contributed by atoms with Crippen LogP contribution in [0.15, 0.2) is 30.3 Å². The minimum absolute atomic E-state index is 0.383. The van der Waals surface area contributed by atoms with Crippen LogP contribution >= 0.6 is 0 Å². The molecule has 1 aliphatic heterocycles. The molecule has 1 saturated heterocycles. The Morgan fingerprint density at radius 1 is 1.19 bits per heavy atom. The quantitative estimate of drug-likeness (QED) is 0.614. The van der Waals surface area contributed by atoms with E-state index in [1.165, 1.54) is 30.8 Å². The first kappa shape index (κ1) is 15.0. The Hall–Kier alpha value is -2.37. The summed E-state index contributed by atoms with van der Waals surface area (Å²) >= 11 is 0. The molecule has 0 radical (unpaired) electrons. The van der Waals surface area contributed by atoms with Crippen molar-refractivity contribution < 1.29 is 14.4 Å². The molecule has 0 unspecified atom stereocenters. The van der Waals surface area contributed by atoms with Gasteiger partial charge in [-0.25, -0.2) is 4.79 Å². The SMILES string of the molecule is CN(Cc1ccccc1)C(=O)[C@]1(C)C(=O)N(C)C(=O)N1C. The van der Waals surface area contributed by atoms with Crippen LogP contribution in [-0.4, -0.2) is 59.2 Å². The first-order valence-electron chi connectivity index (χ1n) is 6.65. The Balaban J connectivity index is 2.23. The molecule has 0 bridgehead atoms. The molecule has 0 aromatic heterocycles. The van der Waals surface area contributed by atoms with Crippen LogP contribution in [0.3, 0.4) is 0 Å². The van der Waals surface area contributed by atoms with Gasteiger partial charge in [0, 0.05) is 27.7 Å². The second-order valence-corrected chi connectivity index (χ2v) is 5.42. The predicted molar refractivity (Wildman–Crippen MR) is 77.3 cm³/mol. The van der Waals surface area contributed by atoms with Gasteiger partial charge < -0.3 is 9.80 Å². The van der Waals surface area contributed by atoms with E-state index in [1.54, 1.807) is 7.05 Å². The van der Waals surface area contributed by atoms with E-state index in [9.17, 15) is 14.4 Å². The molecule has 6 heteroatoms. The second-order valence-electron chi connectivity index (χ2n) is 5.42. The zero-order valence-electron chi connectivity index (χ0n) is 12.7. The average molecular weight is 289 g/mol. The molecule has 21 heavy (non-hydrogen) atoms. The summed E-state index contributed by atoms with van der Waals surface area (Å²) in [5, 5.41) is 0. The van der Waals surface area contributed by atoms with Gasteiger partial charge in [0.05, 0.1) is 0 Å². The van der Waals surface area contributed by atoms with E-state index in [0.29, 0.717) is 6.54 Å². The first-order chi connectivity index (χ1) is 9.80. The highest BCUT2D eigenvalue weighted by molar-refractivity contribution is 6.19. The molecule has 2 rings (SSSR count). The highest BCUT2D eigenvalue weighted by Crippen LogP contribution is 2.27. The lowest BCUT2D eigenvalue weighted by Gasteiger charge is -2.31. The van der Waals surface area contributed by atoms with Crippen molar-refractivity contribution in [2.45, 2.75) is 19.0 Å². The van der Waals surface area contributed by atoms with Crippen LogP contribution in [0.1, 0.15) is 12.5 Å². The van der Waals surface area contributed by atoms with Crippen molar-refractivity contribution in [3.63, 3.8) is 0 Å². The summed E-state index contributed by atoms with van der Waals surface area (Å²) < 4.78 is 0. The molecule has 4 amide bonds. The van der Waals surface area contributed by atoms with Crippen molar-refractivity contribution in [2.75, 3.05) is 21.1 Å². The van der Waals surface area contributed by atoms with Gasteiger partial charge in [0.15, 0.2) is 5.54 Å². The Bertz CT molecular complexity index is 587. The average Bonchev–Trinajstić information content (AvgIpc) is 2.64. The summed E-state index contributed by atoms with van der Waals surface area (Å²) in [5.41, 5.74) is -0.514. The molecular formula is C15H19N3O3. The number of benzene rings is 1. The van der Waals surface area contributed by atoms with Gasteiger partial charge in [-0.05, 0) is 12.5 Å². The number of likely N-dealkylation sites (N-methyl/N-ethyl adjacent to an activating group) is 3. The molecule has 1 fully saturated rings. The molecule has 1 aromatic carbocycles. The fraction of sp³-hybridized carbons (Fsp3) is 0.400. The van der Waals surface area contributed by atoms with Gasteiger partial charge in [0.2, 0.25) is 0 Å². The molecule has 1 atom stereocenters.